The number of fused-ring (bicyclic) bond motifs is 1. The summed E-state index contributed by atoms with van der Waals surface area (Å²) in [6.45, 7) is 1.14. The van der Waals surface area contributed by atoms with Crippen LogP contribution in [0.5, 0.6) is 11.5 Å². The zero-order chi connectivity index (χ0) is 14.9. The lowest BCUT2D eigenvalue weighted by Crippen LogP contribution is -2.23. The Bertz CT molecular complexity index is 757. The molecule has 0 atom stereocenters. The number of sulfonamides is 1. The lowest BCUT2D eigenvalue weighted by atomic mass is 10.3. The van der Waals surface area contributed by atoms with Crippen LogP contribution < -0.4 is 14.2 Å². The first-order valence-corrected chi connectivity index (χ1v) is 9.33. The Morgan fingerprint density at radius 1 is 1.19 bits per heavy atom. The summed E-state index contributed by atoms with van der Waals surface area (Å²) in [6, 6.07) is 6.50. The molecule has 2 aromatic rings. The number of hydrogen-bond donors (Lipinski definition) is 1. The molecule has 0 saturated heterocycles. The van der Waals surface area contributed by atoms with Gasteiger partial charge in [-0.1, -0.05) is 0 Å². The van der Waals surface area contributed by atoms with E-state index in [-0.39, 0.29) is 11.4 Å². The number of thiophene rings is 1. The summed E-state index contributed by atoms with van der Waals surface area (Å²) in [6.07, 6.45) is 0. The topological polar surface area (TPSA) is 64.6 Å². The molecular formula is C13H12BrNO4S2. The maximum Gasteiger partial charge on any atom is 0.241 e. The Balaban J connectivity index is 1.80. The van der Waals surface area contributed by atoms with Crippen molar-refractivity contribution >= 4 is 37.3 Å². The molecule has 0 spiro atoms. The first-order chi connectivity index (χ1) is 10.1. The van der Waals surface area contributed by atoms with Crippen molar-refractivity contribution in [1.29, 1.82) is 0 Å². The van der Waals surface area contributed by atoms with Crippen molar-refractivity contribution in [1.82, 2.24) is 4.72 Å². The molecule has 21 heavy (non-hydrogen) atoms. The van der Waals surface area contributed by atoms with Gasteiger partial charge in [-0.15, -0.1) is 11.3 Å². The van der Waals surface area contributed by atoms with Crippen molar-refractivity contribution in [2.45, 2.75) is 11.4 Å². The van der Waals surface area contributed by atoms with E-state index < -0.39 is 10.0 Å². The number of nitrogens with one attached hydrogen (secondary N) is 1. The maximum atomic E-state index is 12.3. The van der Waals surface area contributed by atoms with Gasteiger partial charge in [0.05, 0.1) is 4.90 Å². The van der Waals surface area contributed by atoms with Gasteiger partial charge in [0.1, 0.15) is 13.2 Å². The van der Waals surface area contributed by atoms with Gasteiger partial charge in [-0.3, -0.25) is 0 Å². The quantitative estimate of drug-likeness (QED) is 0.872. The highest BCUT2D eigenvalue weighted by atomic mass is 79.9. The zero-order valence-electron chi connectivity index (χ0n) is 10.8. The standard InChI is InChI=1S/C13H12BrNO4S2/c14-10-3-6-20-13(10)8-15-21(16,17)9-1-2-11-12(7-9)19-5-4-18-11/h1-3,6-7,15H,4-5,8H2. The van der Waals surface area contributed by atoms with Crippen molar-refractivity contribution in [2.24, 2.45) is 0 Å². The van der Waals surface area contributed by atoms with Crippen LogP contribution >= 0.6 is 27.3 Å². The predicted molar refractivity (Wildman–Crippen MR) is 83.5 cm³/mol. The molecule has 0 amide bonds. The lowest BCUT2D eigenvalue weighted by molar-refractivity contribution is 0.171. The lowest BCUT2D eigenvalue weighted by Gasteiger charge is -2.18. The summed E-state index contributed by atoms with van der Waals surface area (Å²) >= 11 is 4.87. The first-order valence-electron chi connectivity index (χ1n) is 6.17. The second-order valence-corrected chi connectivity index (χ2v) is 7.94. The monoisotopic (exact) mass is 389 g/mol. The molecule has 0 unspecified atom stereocenters. The summed E-state index contributed by atoms with van der Waals surface area (Å²) in [5.74, 6) is 1.03. The number of rotatable bonds is 4. The normalized spacial score (nSPS) is 14.1. The largest absolute Gasteiger partial charge is 0.486 e. The Labute approximate surface area is 135 Å². The highest BCUT2D eigenvalue weighted by Crippen LogP contribution is 2.32. The molecule has 112 valence electrons. The highest BCUT2D eigenvalue weighted by molar-refractivity contribution is 9.10. The molecule has 0 bridgehead atoms. The molecule has 1 aliphatic heterocycles. The third kappa shape index (κ3) is 3.23. The van der Waals surface area contributed by atoms with Crippen LogP contribution in [0.4, 0.5) is 0 Å². The van der Waals surface area contributed by atoms with E-state index in [4.69, 9.17) is 9.47 Å². The van der Waals surface area contributed by atoms with E-state index in [0.717, 1.165) is 9.35 Å². The molecule has 0 aliphatic carbocycles. The number of halogens is 1. The Hall–Kier alpha value is -1.09. The van der Waals surface area contributed by atoms with Gasteiger partial charge in [-0.25, -0.2) is 13.1 Å². The minimum absolute atomic E-state index is 0.166. The molecule has 0 radical (unpaired) electrons. The van der Waals surface area contributed by atoms with Crippen molar-refractivity contribution in [3.05, 3.63) is 39.0 Å². The highest BCUT2D eigenvalue weighted by Gasteiger charge is 2.19. The Kier molecular flexibility index (Phi) is 4.21. The number of benzene rings is 1. The molecule has 1 N–H and O–H groups in total. The molecule has 2 heterocycles. The molecule has 0 saturated carbocycles. The fourth-order valence-corrected chi connectivity index (χ4v) is 4.42. The summed E-state index contributed by atoms with van der Waals surface area (Å²) in [4.78, 5) is 1.09. The van der Waals surface area contributed by atoms with Crippen molar-refractivity contribution in [3.8, 4) is 11.5 Å². The fourth-order valence-electron chi connectivity index (χ4n) is 1.89. The second-order valence-electron chi connectivity index (χ2n) is 4.32. The third-order valence-electron chi connectivity index (χ3n) is 2.94. The van der Waals surface area contributed by atoms with E-state index >= 15 is 0 Å². The molecular weight excluding hydrogens is 378 g/mol. The van der Waals surface area contributed by atoms with E-state index in [0.29, 0.717) is 24.7 Å². The van der Waals surface area contributed by atoms with Gasteiger partial charge in [0.25, 0.3) is 0 Å². The van der Waals surface area contributed by atoms with Crippen molar-refractivity contribution in [2.75, 3.05) is 13.2 Å². The summed E-state index contributed by atoms with van der Waals surface area (Å²) in [5, 5.41) is 1.90. The van der Waals surface area contributed by atoms with Gasteiger partial charge in [0, 0.05) is 22.0 Å². The Morgan fingerprint density at radius 2 is 1.95 bits per heavy atom. The Morgan fingerprint density at radius 3 is 2.67 bits per heavy atom. The maximum absolute atomic E-state index is 12.3. The van der Waals surface area contributed by atoms with E-state index in [1.807, 2.05) is 11.4 Å². The number of hydrogen-bond acceptors (Lipinski definition) is 5. The van der Waals surface area contributed by atoms with Gasteiger partial charge in [0.15, 0.2) is 11.5 Å². The molecule has 0 fully saturated rings. The van der Waals surface area contributed by atoms with E-state index in [1.165, 1.54) is 23.5 Å². The number of ether oxygens (including phenoxy) is 2. The second kappa shape index (κ2) is 5.96. The molecule has 5 nitrogen and oxygen atoms in total. The summed E-state index contributed by atoms with van der Waals surface area (Å²) in [5.41, 5.74) is 0. The van der Waals surface area contributed by atoms with Gasteiger partial charge < -0.3 is 9.47 Å². The van der Waals surface area contributed by atoms with E-state index in [9.17, 15) is 8.42 Å². The van der Waals surface area contributed by atoms with Crippen LogP contribution in [0.25, 0.3) is 0 Å². The van der Waals surface area contributed by atoms with Crippen LogP contribution in [0.2, 0.25) is 0 Å². The molecule has 8 heteroatoms. The van der Waals surface area contributed by atoms with Crippen LogP contribution in [0, 0.1) is 0 Å². The predicted octanol–water partition coefficient (Wildman–Crippen LogP) is 2.76. The van der Waals surface area contributed by atoms with Crippen LogP contribution in [0.3, 0.4) is 0 Å². The first kappa shape index (κ1) is 14.8. The summed E-state index contributed by atoms with van der Waals surface area (Å²) in [7, 11) is -3.59. The van der Waals surface area contributed by atoms with Crippen LogP contribution in [-0.2, 0) is 16.6 Å². The van der Waals surface area contributed by atoms with Crippen LogP contribution in [0.15, 0.2) is 39.0 Å². The molecule has 1 aromatic carbocycles. The molecule has 1 aliphatic rings. The average Bonchev–Trinajstić information content (AvgIpc) is 2.90. The fraction of sp³-hybridized carbons (Fsp3) is 0.231. The zero-order valence-corrected chi connectivity index (χ0v) is 14.1. The smallest absolute Gasteiger partial charge is 0.241 e. The van der Waals surface area contributed by atoms with Crippen LogP contribution in [0.1, 0.15) is 4.88 Å². The van der Waals surface area contributed by atoms with E-state index in [2.05, 4.69) is 20.7 Å². The van der Waals surface area contributed by atoms with E-state index in [1.54, 1.807) is 6.07 Å². The third-order valence-corrected chi connectivity index (χ3v) is 6.26. The van der Waals surface area contributed by atoms with Crippen molar-refractivity contribution < 1.29 is 17.9 Å². The SMILES string of the molecule is O=S(=O)(NCc1sccc1Br)c1ccc2c(c1)OCCO2. The van der Waals surface area contributed by atoms with Gasteiger partial charge in [-0.05, 0) is 39.5 Å². The van der Waals surface area contributed by atoms with Gasteiger partial charge in [-0.2, -0.15) is 0 Å². The average molecular weight is 390 g/mol. The molecule has 3 rings (SSSR count). The summed E-state index contributed by atoms with van der Waals surface area (Å²) < 4.78 is 38.9. The van der Waals surface area contributed by atoms with Crippen LogP contribution in [-0.4, -0.2) is 21.6 Å². The molecule has 1 aromatic heterocycles. The van der Waals surface area contributed by atoms with Gasteiger partial charge in [0.2, 0.25) is 10.0 Å². The minimum atomic E-state index is -3.59. The van der Waals surface area contributed by atoms with Crippen molar-refractivity contribution in [3.63, 3.8) is 0 Å². The van der Waals surface area contributed by atoms with Gasteiger partial charge >= 0.3 is 0 Å². The minimum Gasteiger partial charge on any atom is -0.486 e.